The van der Waals surface area contributed by atoms with Gasteiger partial charge in [-0.05, 0) is 19.4 Å². The third-order valence-electron chi connectivity index (χ3n) is 1.61. The van der Waals surface area contributed by atoms with E-state index in [2.05, 4.69) is 17.1 Å². The third kappa shape index (κ3) is 4.33. The number of benzene rings is 1. The van der Waals surface area contributed by atoms with Gasteiger partial charge in [0.2, 0.25) is 0 Å². The molecule has 3 heteroatoms. The van der Waals surface area contributed by atoms with Crippen molar-refractivity contribution in [2.45, 2.75) is 25.6 Å². The fourth-order valence-corrected chi connectivity index (χ4v) is 1.82. The zero-order valence-corrected chi connectivity index (χ0v) is 9.42. The molecule has 0 saturated carbocycles. The summed E-state index contributed by atoms with van der Waals surface area (Å²) in [5.74, 6) is 0.892. The number of hydrogen-bond donors (Lipinski definition) is 1. The van der Waals surface area contributed by atoms with Gasteiger partial charge >= 0.3 is 0 Å². The Balaban J connectivity index is 2.42. The Bertz CT molecular complexity index is 293. The van der Waals surface area contributed by atoms with Crippen molar-refractivity contribution in [2.24, 2.45) is 10.7 Å². The van der Waals surface area contributed by atoms with Crippen molar-refractivity contribution in [1.82, 2.24) is 0 Å². The Morgan fingerprint density at radius 3 is 2.57 bits per heavy atom. The van der Waals surface area contributed by atoms with E-state index >= 15 is 0 Å². The molecular formula is C11H16N2S. The van der Waals surface area contributed by atoms with Gasteiger partial charge in [0.15, 0.2) is 5.17 Å². The lowest BCUT2D eigenvalue weighted by Gasteiger charge is -2.02. The van der Waals surface area contributed by atoms with Gasteiger partial charge in [0.05, 0.1) is 0 Å². The largest absolute Gasteiger partial charge is 0.379 e. The summed E-state index contributed by atoms with van der Waals surface area (Å²) < 4.78 is 0. The molecular weight excluding hydrogens is 192 g/mol. The zero-order chi connectivity index (χ0) is 10.4. The van der Waals surface area contributed by atoms with Crippen molar-refractivity contribution >= 4 is 16.9 Å². The fraction of sp³-hybridized carbons (Fsp3) is 0.364. The molecule has 0 aliphatic heterocycles. The number of amidine groups is 1. The molecule has 2 N–H and O–H groups in total. The van der Waals surface area contributed by atoms with E-state index in [1.165, 1.54) is 5.56 Å². The Morgan fingerprint density at radius 2 is 2.00 bits per heavy atom. The average Bonchev–Trinajstić information content (AvgIpc) is 2.15. The van der Waals surface area contributed by atoms with Crippen LogP contribution >= 0.6 is 11.8 Å². The lowest BCUT2D eigenvalue weighted by molar-refractivity contribution is 0.838. The van der Waals surface area contributed by atoms with E-state index in [1.54, 1.807) is 11.8 Å². The normalized spacial score (nSPS) is 12.1. The van der Waals surface area contributed by atoms with Crippen LogP contribution < -0.4 is 5.73 Å². The molecule has 0 radical (unpaired) electrons. The molecule has 1 aromatic carbocycles. The molecule has 0 bridgehead atoms. The topological polar surface area (TPSA) is 38.4 Å². The molecule has 0 amide bonds. The highest BCUT2D eigenvalue weighted by atomic mass is 32.2. The van der Waals surface area contributed by atoms with Crippen LogP contribution in [-0.2, 0) is 5.75 Å². The molecule has 0 heterocycles. The minimum Gasteiger partial charge on any atom is -0.379 e. The Morgan fingerprint density at radius 1 is 1.36 bits per heavy atom. The molecule has 0 saturated heterocycles. The first-order chi connectivity index (χ1) is 6.68. The van der Waals surface area contributed by atoms with Gasteiger partial charge in [0, 0.05) is 11.8 Å². The summed E-state index contributed by atoms with van der Waals surface area (Å²) in [7, 11) is 0. The van der Waals surface area contributed by atoms with Gasteiger partial charge in [-0.15, -0.1) is 0 Å². The summed E-state index contributed by atoms with van der Waals surface area (Å²) in [5, 5.41) is 0.670. The Kier molecular flexibility index (Phi) is 4.53. The molecule has 0 atom stereocenters. The second-order valence-electron chi connectivity index (χ2n) is 3.34. The molecule has 0 aliphatic rings. The minimum atomic E-state index is 0.276. The number of thioether (sulfide) groups is 1. The number of nitrogens with two attached hydrogens (primary N) is 1. The number of nitrogens with zero attached hydrogens (tertiary/aromatic N) is 1. The summed E-state index contributed by atoms with van der Waals surface area (Å²) in [5.41, 5.74) is 7.01. The monoisotopic (exact) mass is 208 g/mol. The summed E-state index contributed by atoms with van der Waals surface area (Å²) in [6.07, 6.45) is 0. The molecule has 14 heavy (non-hydrogen) atoms. The van der Waals surface area contributed by atoms with Gasteiger partial charge in [0.1, 0.15) is 0 Å². The zero-order valence-electron chi connectivity index (χ0n) is 8.60. The summed E-state index contributed by atoms with van der Waals surface area (Å²) >= 11 is 1.59. The van der Waals surface area contributed by atoms with Crippen LogP contribution in [-0.4, -0.2) is 11.2 Å². The lowest BCUT2D eigenvalue weighted by atomic mass is 10.2. The number of hydrogen-bond acceptors (Lipinski definition) is 2. The molecule has 0 fully saturated rings. The smallest absolute Gasteiger partial charge is 0.154 e. The van der Waals surface area contributed by atoms with Crippen molar-refractivity contribution in [2.75, 3.05) is 0 Å². The first-order valence-corrected chi connectivity index (χ1v) is 5.67. The van der Waals surface area contributed by atoms with E-state index in [-0.39, 0.29) is 6.04 Å². The average molecular weight is 208 g/mol. The van der Waals surface area contributed by atoms with Crippen molar-refractivity contribution < 1.29 is 0 Å². The predicted molar refractivity (Wildman–Crippen MR) is 64.5 cm³/mol. The maximum atomic E-state index is 5.74. The Labute approximate surface area is 89.6 Å². The van der Waals surface area contributed by atoms with Crippen LogP contribution in [0, 0.1) is 0 Å². The van der Waals surface area contributed by atoms with Crippen LogP contribution in [0.4, 0.5) is 0 Å². The van der Waals surface area contributed by atoms with E-state index < -0.39 is 0 Å². The van der Waals surface area contributed by atoms with E-state index in [1.807, 2.05) is 32.0 Å². The summed E-state index contributed by atoms with van der Waals surface area (Å²) in [6.45, 7) is 4.05. The molecule has 1 aromatic rings. The molecule has 0 spiro atoms. The van der Waals surface area contributed by atoms with Crippen molar-refractivity contribution in [3.8, 4) is 0 Å². The standard InChI is InChI=1S/C11H16N2S/c1-9(2)13-11(12)14-8-10-6-4-3-5-7-10/h3-7,9H,8H2,1-2H3,(H2,12,13). The third-order valence-corrected chi connectivity index (χ3v) is 2.49. The molecule has 0 unspecified atom stereocenters. The van der Waals surface area contributed by atoms with Gasteiger partial charge < -0.3 is 5.73 Å². The van der Waals surface area contributed by atoms with Crippen LogP contribution in [0.3, 0.4) is 0 Å². The molecule has 0 aliphatic carbocycles. The van der Waals surface area contributed by atoms with Gasteiger partial charge in [-0.2, -0.15) is 0 Å². The van der Waals surface area contributed by atoms with E-state index in [4.69, 9.17) is 5.73 Å². The molecule has 1 rings (SSSR count). The summed E-state index contributed by atoms with van der Waals surface area (Å²) in [6, 6.07) is 10.5. The van der Waals surface area contributed by atoms with Crippen molar-refractivity contribution in [3.63, 3.8) is 0 Å². The molecule has 2 nitrogen and oxygen atoms in total. The fourth-order valence-electron chi connectivity index (χ4n) is 1.02. The van der Waals surface area contributed by atoms with Gasteiger partial charge in [-0.3, -0.25) is 4.99 Å². The minimum absolute atomic E-state index is 0.276. The highest BCUT2D eigenvalue weighted by Crippen LogP contribution is 2.11. The van der Waals surface area contributed by atoms with Crippen LogP contribution in [0.5, 0.6) is 0 Å². The van der Waals surface area contributed by atoms with Crippen LogP contribution in [0.1, 0.15) is 19.4 Å². The molecule has 0 aromatic heterocycles. The first-order valence-electron chi connectivity index (χ1n) is 4.68. The lowest BCUT2D eigenvalue weighted by Crippen LogP contribution is -2.09. The number of aliphatic imine (C=N–C) groups is 1. The van der Waals surface area contributed by atoms with Gasteiger partial charge in [-0.25, -0.2) is 0 Å². The Hall–Kier alpha value is -0.960. The van der Waals surface area contributed by atoms with Crippen LogP contribution in [0.25, 0.3) is 0 Å². The molecule has 76 valence electrons. The first kappa shape index (κ1) is 11.1. The maximum absolute atomic E-state index is 5.74. The highest BCUT2D eigenvalue weighted by Gasteiger charge is 1.97. The second kappa shape index (κ2) is 5.70. The van der Waals surface area contributed by atoms with Crippen LogP contribution in [0.2, 0.25) is 0 Å². The van der Waals surface area contributed by atoms with Crippen molar-refractivity contribution in [1.29, 1.82) is 0 Å². The summed E-state index contributed by atoms with van der Waals surface area (Å²) in [4.78, 5) is 4.25. The number of rotatable bonds is 3. The van der Waals surface area contributed by atoms with Gasteiger partial charge in [-0.1, -0.05) is 42.1 Å². The van der Waals surface area contributed by atoms with E-state index in [9.17, 15) is 0 Å². The van der Waals surface area contributed by atoms with E-state index in [0.29, 0.717) is 5.17 Å². The van der Waals surface area contributed by atoms with Gasteiger partial charge in [0.25, 0.3) is 0 Å². The van der Waals surface area contributed by atoms with Crippen molar-refractivity contribution in [3.05, 3.63) is 35.9 Å². The highest BCUT2D eigenvalue weighted by molar-refractivity contribution is 8.13. The quantitative estimate of drug-likeness (QED) is 0.612. The predicted octanol–water partition coefficient (Wildman–Crippen LogP) is 2.64. The SMILES string of the molecule is CC(C)N=C(N)SCc1ccccc1. The van der Waals surface area contributed by atoms with E-state index in [0.717, 1.165) is 5.75 Å². The maximum Gasteiger partial charge on any atom is 0.154 e. The van der Waals surface area contributed by atoms with Crippen LogP contribution in [0.15, 0.2) is 35.3 Å². The second-order valence-corrected chi connectivity index (χ2v) is 4.33.